The summed E-state index contributed by atoms with van der Waals surface area (Å²) in [5.41, 5.74) is 4.53. The van der Waals surface area contributed by atoms with Gasteiger partial charge in [-0.05, 0) is 129 Å². The van der Waals surface area contributed by atoms with E-state index in [1.807, 2.05) is 49.6 Å². The van der Waals surface area contributed by atoms with Gasteiger partial charge in [0.15, 0.2) is 11.6 Å². The van der Waals surface area contributed by atoms with E-state index in [0.717, 1.165) is 42.5 Å². The topological polar surface area (TPSA) is 235 Å². The highest BCUT2D eigenvalue weighted by Gasteiger charge is 2.37. The predicted octanol–water partition coefficient (Wildman–Crippen LogP) is 9.75. The Balaban J connectivity index is 0.00000127. The molecule has 20 nitrogen and oxygen atoms in total. The first-order chi connectivity index (χ1) is 41.1. The monoisotopic (exact) mass is 1190 g/mol. The SMILES string of the molecule is C=C.CN(CCCn1c(CNc2cccc(C(=O)NCc3c(F)cccc3F)c2)nnc1-c1ccncn1)C(=O)CCOc1ccc2c(c1)CN(C(=O)[C@@H](NC(=O)CN(C)C(=O)OC(C)(C)C)C(C)(C)C)CC2.O=CN[C@@H]1CCCc2ccccc21.[HH].[HH].[HH].[HH]. The Morgan fingerprint density at radius 1 is 0.860 bits per heavy atom. The molecule has 0 saturated heterocycles. The van der Waals surface area contributed by atoms with Gasteiger partial charge in [-0.2, -0.15) is 0 Å². The third kappa shape index (κ3) is 19.0. The molecule has 0 unspecified atom stereocenters. The summed E-state index contributed by atoms with van der Waals surface area (Å²) in [4.78, 5) is 89.1. The van der Waals surface area contributed by atoms with Gasteiger partial charge in [-0.15, -0.1) is 23.4 Å². The third-order valence-corrected chi connectivity index (χ3v) is 14.2. The van der Waals surface area contributed by atoms with Gasteiger partial charge >= 0.3 is 6.09 Å². The molecule has 2 aliphatic rings. The molecule has 1 aliphatic heterocycles. The van der Waals surface area contributed by atoms with Crippen molar-refractivity contribution < 1.29 is 52.7 Å². The van der Waals surface area contributed by atoms with Crippen molar-refractivity contribution in [2.75, 3.05) is 45.7 Å². The van der Waals surface area contributed by atoms with Crippen molar-refractivity contribution >= 4 is 41.8 Å². The number of halogens is 2. The number of fused-ring (bicyclic) bond motifs is 2. The molecular weight excluding hydrogens is 1100 g/mol. The predicted molar refractivity (Wildman–Crippen MR) is 332 cm³/mol. The molecule has 0 saturated carbocycles. The van der Waals surface area contributed by atoms with Crippen LogP contribution in [0.4, 0.5) is 19.3 Å². The largest absolute Gasteiger partial charge is 0.493 e. The number of anilines is 1. The molecule has 0 spiro atoms. The number of hydrogen-bond donors (Lipinski definition) is 4. The van der Waals surface area contributed by atoms with Crippen LogP contribution >= 0.6 is 0 Å². The summed E-state index contributed by atoms with van der Waals surface area (Å²) >= 11 is 0. The van der Waals surface area contributed by atoms with Crippen LogP contribution in [0.2, 0.25) is 0 Å². The van der Waals surface area contributed by atoms with E-state index in [4.69, 9.17) is 9.47 Å². The van der Waals surface area contributed by atoms with E-state index in [0.29, 0.717) is 67.8 Å². The molecule has 0 bridgehead atoms. The summed E-state index contributed by atoms with van der Waals surface area (Å²) in [6.07, 6.45) is 7.85. The molecule has 1 aliphatic carbocycles. The zero-order chi connectivity index (χ0) is 62.6. The number of amides is 6. The Morgan fingerprint density at radius 2 is 1.60 bits per heavy atom. The Morgan fingerprint density at radius 3 is 2.31 bits per heavy atom. The number of carbonyl (C=O) groups is 6. The van der Waals surface area contributed by atoms with Crippen LogP contribution in [0.5, 0.6) is 5.75 Å². The van der Waals surface area contributed by atoms with Crippen molar-refractivity contribution in [3.8, 4) is 17.3 Å². The van der Waals surface area contributed by atoms with Crippen LogP contribution in [0.3, 0.4) is 0 Å². The Bertz CT molecular complexity index is 3280. The van der Waals surface area contributed by atoms with E-state index < -0.39 is 46.6 Å². The number of likely N-dealkylation sites (N-methyl/N-ethyl adjacent to an activating group) is 1. The number of ether oxygens (including phenoxy) is 2. The maximum absolute atomic E-state index is 14.1. The zero-order valence-electron chi connectivity index (χ0n) is 50.5. The fourth-order valence-electron chi connectivity index (χ4n) is 9.75. The Hall–Kier alpha value is -9.08. The van der Waals surface area contributed by atoms with Crippen LogP contribution in [-0.2, 0) is 62.9 Å². The molecule has 22 heteroatoms. The average molecular weight is 1190 g/mol. The molecular formula is C64H88F2N12O8. The zero-order valence-corrected chi connectivity index (χ0v) is 50.5. The second-order valence-electron chi connectivity index (χ2n) is 22.8. The minimum atomic E-state index is -0.851. The lowest BCUT2D eigenvalue weighted by molar-refractivity contribution is -0.140. The van der Waals surface area contributed by atoms with Crippen LogP contribution < -0.4 is 26.0 Å². The maximum Gasteiger partial charge on any atom is 0.410 e. The van der Waals surface area contributed by atoms with Gasteiger partial charge in [0.2, 0.25) is 24.1 Å². The molecule has 8 rings (SSSR count). The lowest BCUT2D eigenvalue weighted by Crippen LogP contribution is -2.57. The summed E-state index contributed by atoms with van der Waals surface area (Å²) in [7, 11) is 3.20. The van der Waals surface area contributed by atoms with Crippen LogP contribution in [-0.4, -0.2) is 128 Å². The first kappa shape index (κ1) is 66.1. The van der Waals surface area contributed by atoms with E-state index in [9.17, 15) is 37.5 Å². The number of rotatable bonds is 21. The molecule has 6 aromatic rings. The summed E-state index contributed by atoms with van der Waals surface area (Å²) in [5, 5.41) is 20.4. The number of nitrogens with zero attached hydrogens (tertiary/aromatic N) is 8. The normalized spacial score (nSPS) is 13.7. The summed E-state index contributed by atoms with van der Waals surface area (Å²) in [6, 6.07) is 25.4. The molecule has 86 heavy (non-hydrogen) atoms. The highest BCUT2D eigenvalue weighted by atomic mass is 19.1. The standard InChI is InChI=1S/C51H63F2N11O7.C11H13NO.C2H4.4H2/c1-50(2,3)45(58-43(65)31-62(8)49(69)71-51(4,5)6)48(68)63-24-19-33-16-17-37(27-35(33)30-63)70-25-20-44(66)61(7)22-11-23-64-42(59-60-46(64)41-18-21-54-32-57-41)29-55-36-13-9-12-34(26-36)47(67)56-28-38-39(52)14-10-15-40(38)53;13-8-12-11-7-3-5-9-4-1-2-6-10(9)11;1-2;;;;/h9-10,12-18,21,26-27,32,45,55H,11,19-20,22-25,28-31H2,1-8H3,(H,56,67)(H,58,65);1-2,4,6,8,11H,3,5,7H2,(H,12,13);1-2H2;4*1H/t45-;11-;;;;;/m11...../s1. The Labute approximate surface area is 508 Å². The number of aryl methyl sites for hydroxylation is 1. The number of benzene rings is 4. The molecule has 466 valence electrons. The van der Waals surface area contributed by atoms with Crippen molar-refractivity contribution in [2.24, 2.45) is 5.41 Å². The van der Waals surface area contributed by atoms with Crippen LogP contribution in [0.15, 0.2) is 117 Å². The van der Waals surface area contributed by atoms with E-state index in [2.05, 4.69) is 72.8 Å². The van der Waals surface area contributed by atoms with E-state index in [1.165, 1.54) is 41.9 Å². The molecule has 2 aromatic heterocycles. The molecule has 4 N–H and O–H groups in total. The minimum absolute atomic E-state index is 0. The van der Waals surface area contributed by atoms with Gasteiger partial charge in [0.25, 0.3) is 5.91 Å². The number of aromatic nitrogens is 5. The van der Waals surface area contributed by atoms with E-state index in [-0.39, 0.29) is 67.4 Å². The second-order valence-corrected chi connectivity index (χ2v) is 22.8. The lowest BCUT2D eigenvalue weighted by atomic mass is 9.85. The quantitative estimate of drug-likeness (QED) is 0.0389. The molecule has 0 radical (unpaired) electrons. The fourth-order valence-corrected chi connectivity index (χ4v) is 9.75. The highest BCUT2D eigenvalue weighted by Crippen LogP contribution is 2.30. The number of hydrogen-bond acceptors (Lipinski definition) is 13. The summed E-state index contributed by atoms with van der Waals surface area (Å²) < 4.78 is 41.6. The van der Waals surface area contributed by atoms with Crippen LogP contribution in [0.25, 0.3) is 11.5 Å². The van der Waals surface area contributed by atoms with Crippen molar-refractivity contribution in [3.63, 3.8) is 0 Å². The van der Waals surface area contributed by atoms with Gasteiger partial charge in [0.05, 0.1) is 25.6 Å². The molecule has 4 aromatic carbocycles. The van der Waals surface area contributed by atoms with Gasteiger partial charge in [0, 0.05) is 75.5 Å². The fraction of sp³-hybridized carbons (Fsp3) is 0.406. The van der Waals surface area contributed by atoms with Gasteiger partial charge in [0.1, 0.15) is 47.6 Å². The maximum atomic E-state index is 14.1. The van der Waals surface area contributed by atoms with Crippen molar-refractivity contribution in [1.82, 2.24) is 55.4 Å². The first-order valence-electron chi connectivity index (χ1n) is 28.6. The van der Waals surface area contributed by atoms with Gasteiger partial charge in [-0.3, -0.25) is 24.0 Å². The summed E-state index contributed by atoms with van der Waals surface area (Å²) in [5.74, 6) is -1.16. The lowest BCUT2D eigenvalue weighted by Gasteiger charge is -2.37. The van der Waals surface area contributed by atoms with E-state index in [1.54, 1.807) is 74.1 Å². The molecule has 2 atom stereocenters. The van der Waals surface area contributed by atoms with Crippen LogP contribution in [0, 0.1) is 17.0 Å². The van der Waals surface area contributed by atoms with Gasteiger partial charge in [-0.1, -0.05) is 63.2 Å². The van der Waals surface area contributed by atoms with Crippen molar-refractivity contribution in [2.45, 2.75) is 124 Å². The second kappa shape index (κ2) is 31.2. The molecule has 0 fully saturated rings. The average Bonchev–Trinajstić information content (AvgIpc) is 2.62. The number of carbonyl (C=O) groups excluding carboxylic acids is 6. The van der Waals surface area contributed by atoms with Crippen LogP contribution in [0.1, 0.15) is 123 Å². The third-order valence-electron chi connectivity index (χ3n) is 14.2. The van der Waals surface area contributed by atoms with Gasteiger partial charge < -0.3 is 50.0 Å². The smallest absolute Gasteiger partial charge is 0.410 e. The Kier molecular flexibility index (Phi) is 23.9. The van der Waals surface area contributed by atoms with Crippen molar-refractivity contribution in [3.05, 3.63) is 168 Å². The minimum Gasteiger partial charge on any atom is -0.493 e. The first-order valence-corrected chi connectivity index (χ1v) is 28.6. The molecule has 3 heterocycles. The summed E-state index contributed by atoms with van der Waals surface area (Å²) in [6.45, 7) is 18.3. The van der Waals surface area contributed by atoms with Crippen molar-refractivity contribution in [1.29, 1.82) is 0 Å². The number of nitrogens with one attached hydrogen (secondary N) is 4. The highest BCUT2D eigenvalue weighted by molar-refractivity contribution is 5.95. The van der Waals surface area contributed by atoms with Gasteiger partial charge in [-0.25, -0.2) is 23.5 Å². The molecule has 6 amide bonds. The van der Waals surface area contributed by atoms with E-state index >= 15 is 0 Å².